The Kier molecular flexibility index (Phi) is 5.49. The number of rotatable bonds is 6. The van der Waals surface area contributed by atoms with Crippen LogP contribution in [0.5, 0.6) is 5.75 Å². The van der Waals surface area contributed by atoms with Crippen molar-refractivity contribution in [3.05, 3.63) is 51.5 Å². The second-order valence-electron chi connectivity index (χ2n) is 4.57. The number of hydrogen-bond acceptors (Lipinski definition) is 7. The molecule has 0 radical (unpaired) electrons. The minimum atomic E-state index is -0.479. The maximum absolute atomic E-state index is 10.9. The maximum atomic E-state index is 10.9. The number of nitro benzene ring substituents is 1. The Hall–Kier alpha value is -2.66. The highest BCUT2D eigenvalue weighted by Gasteiger charge is 2.14. The summed E-state index contributed by atoms with van der Waals surface area (Å²) < 4.78 is 5.47. The van der Waals surface area contributed by atoms with Crippen LogP contribution in [0, 0.1) is 35.3 Å². The van der Waals surface area contributed by atoms with Gasteiger partial charge in [-0.15, -0.1) is 11.8 Å². The molecule has 0 amide bonds. The molecule has 1 aromatic carbocycles. The van der Waals surface area contributed by atoms with Gasteiger partial charge < -0.3 is 4.74 Å². The van der Waals surface area contributed by atoms with E-state index in [9.17, 15) is 15.4 Å². The third kappa shape index (κ3) is 4.17. The molecule has 0 aliphatic heterocycles. The van der Waals surface area contributed by atoms with E-state index in [0.717, 1.165) is 0 Å². The molecule has 2 aromatic rings. The van der Waals surface area contributed by atoms with Gasteiger partial charge in [-0.25, -0.2) is 9.97 Å². The molecular weight excluding hydrogens is 316 g/mol. The first-order valence-electron chi connectivity index (χ1n) is 6.77. The molecule has 7 nitrogen and oxygen atoms in total. The first kappa shape index (κ1) is 16.7. The number of para-hydroxylation sites is 2. The van der Waals surface area contributed by atoms with Crippen LogP contribution in [0.2, 0.25) is 0 Å². The quantitative estimate of drug-likeness (QED) is 0.264. The molecule has 0 unspecified atom stereocenters. The Morgan fingerprint density at radius 2 is 2.09 bits per heavy atom. The van der Waals surface area contributed by atoms with Crippen molar-refractivity contribution in [2.45, 2.75) is 18.9 Å². The lowest BCUT2D eigenvalue weighted by Gasteiger charge is -2.08. The second kappa shape index (κ2) is 7.56. The van der Waals surface area contributed by atoms with Crippen LogP contribution < -0.4 is 4.74 Å². The number of nitro groups is 1. The number of aryl methyl sites for hydroxylation is 2. The lowest BCUT2D eigenvalue weighted by Crippen LogP contribution is -2.04. The van der Waals surface area contributed by atoms with Gasteiger partial charge in [0.1, 0.15) is 22.5 Å². The van der Waals surface area contributed by atoms with Crippen molar-refractivity contribution in [3.8, 4) is 11.8 Å². The van der Waals surface area contributed by atoms with Crippen molar-refractivity contribution in [2.75, 3.05) is 12.4 Å². The van der Waals surface area contributed by atoms with Gasteiger partial charge in [-0.3, -0.25) is 10.1 Å². The molecule has 1 heterocycles. The summed E-state index contributed by atoms with van der Waals surface area (Å²) in [5.41, 5.74) is 1.03. The summed E-state index contributed by atoms with van der Waals surface area (Å²) in [4.78, 5) is 18.8. The summed E-state index contributed by atoms with van der Waals surface area (Å²) >= 11 is 1.36. The third-order valence-electron chi connectivity index (χ3n) is 2.92. The Balaban J connectivity index is 2.00. The summed E-state index contributed by atoms with van der Waals surface area (Å²) in [6, 6.07) is 8.32. The van der Waals surface area contributed by atoms with Crippen molar-refractivity contribution >= 4 is 17.4 Å². The van der Waals surface area contributed by atoms with Crippen molar-refractivity contribution in [1.29, 1.82) is 5.26 Å². The largest absolute Gasteiger partial charge is 0.486 e. The number of hydrogen-bond donors (Lipinski definition) is 0. The molecule has 0 atom stereocenters. The number of aromatic nitrogens is 2. The molecule has 0 N–H and O–H groups in total. The first-order chi connectivity index (χ1) is 11.0. The van der Waals surface area contributed by atoms with Crippen molar-refractivity contribution in [2.24, 2.45) is 0 Å². The van der Waals surface area contributed by atoms with Gasteiger partial charge >= 0.3 is 5.69 Å². The van der Waals surface area contributed by atoms with Crippen LogP contribution in [0.15, 0.2) is 29.3 Å². The molecule has 2 rings (SSSR count). The highest BCUT2D eigenvalue weighted by Crippen LogP contribution is 2.27. The standard InChI is InChI=1S/C15H14N4O3S/c1-10-12(9-16)15(18-11(2)17-10)23-8-7-22-14-6-4-3-5-13(14)19(20)21/h3-6H,7-8H2,1-2H3. The van der Waals surface area contributed by atoms with Crippen LogP contribution in [0.1, 0.15) is 17.1 Å². The highest BCUT2D eigenvalue weighted by molar-refractivity contribution is 7.99. The molecule has 0 aliphatic carbocycles. The minimum Gasteiger partial charge on any atom is -0.486 e. The monoisotopic (exact) mass is 330 g/mol. The van der Waals surface area contributed by atoms with Crippen LogP contribution in [0.4, 0.5) is 5.69 Å². The van der Waals surface area contributed by atoms with E-state index in [1.165, 1.54) is 17.8 Å². The highest BCUT2D eigenvalue weighted by atomic mass is 32.2. The zero-order valence-corrected chi connectivity index (χ0v) is 13.5. The Labute approximate surface area is 137 Å². The smallest absolute Gasteiger partial charge is 0.310 e. The van der Waals surface area contributed by atoms with Gasteiger partial charge in [-0.1, -0.05) is 12.1 Å². The predicted molar refractivity (Wildman–Crippen MR) is 85.5 cm³/mol. The van der Waals surface area contributed by atoms with Crippen molar-refractivity contribution in [3.63, 3.8) is 0 Å². The Bertz CT molecular complexity index is 774. The average molecular weight is 330 g/mol. The van der Waals surface area contributed by atoms with Gasteiger partial charge in [0.05, 0.1) is 17.2 Å². The van der Waals surface area contributed by atoms with Crippen LogP contribution in [0.3, 0.4) is 0 Å². The summed E-state index contributed by atoms with van der Waals surface area (Å²) in [7, 11) is 0. The van der Waals surface area contributed by atoms with Crippen LogP contribution in [0.25, 0.3) is 0 Å². The van der Waals surface area contributed by atoms with Crippen molar-refractivity contribution < 1.29 is 9.66 Å². The topological polar surface area (TPSA) is 102 Å². The number of ether oxygens (including phenoxy) is 1. The number of thioether (sulfide) groups is 1. The van der Waals surface area contributed by atoms with E-state index in [1.54, 1.807) is 32.0 Å². The maximum Gasteiger partial charge on any atom is 0.310 e. The zero-order chi connectivity index (χ0) is 16.8. The van der Waals surface area contributed by atoms with Gasteiger partial charge in [0.2, 0.25) is 0 Å². The SMILES string of the molecule is Cc1nc(C)c(C#N)c(SCCOc2ccccc2[N+](=O)[O-])n1. The van der Waals surface area contributed by atoms with E-state index in [0.29, 0.717) is 27.9 Å². The average Bonchev–Trinajstić information content (AvgIpc) is 2.51. The van der Waals surface area contributed by atoms with E-state index >= 15 is 0 Å². The molecule has 0 saturated heterocycles. The van der Waals surface area contributed by atoms with Crippen LogP contribution in [-0.2, 0) is 0 Å². The Morgan fingerprint density at radius 3 is 2.78 bits per heavy atom. The fourth-order valence-electron chi connectivity index (χ4n) is 1.93. The molecule has 0 aliphatic rings. The number of benzene rings is 1. The Morgan fingerprint density at radius 1 is 1.35 bits per heavy atom. The van der Waals surface area contributed by atoms with Gasteiger partial charge in [0, 0.05) is 11.8 Å². The third-order valence-corrected chi connectivity index (χ3v) is 3.86. The second-order valence-corrected chi connectivity index (χ2v) is 5.65. The summed E-state index contributed by atoms with van der Waals surface area (Å²) in [6.45, 7) is 3.80. The lowest BCUT2D eigenvalue weighted by molar-refractivity contribution is -0.385. The predicted octanol–water partition coefficient (Wildman–Crippen LogP) is 3.04. The summed E-state index contributed by atoms with van der Waals surface area (Å²) in [6.07, 6.45) is 0. The van der Waals surface area contributed by atoms with Gasteiger partial charge in [-0.2, -0.15) is 5.26 Å². The van der Waals surface area contributed by atoms with E-state index in [1.807, 2.05) is 0 Å². The van der Waals surface area contributed by atoms with Gasteiger partial charge in [0.15, 0.2) is 5.75 Å². The van der Waals surface area contributed by atoms with Crippen molar-refractivity contribution in [1.82, 2.24) is 9.97 Å². The molecule has 0 spiro atoms. The molecule has 1 aromatic heterocycles. The van der Waals surface area contributed by atoms with E-state index in [4.69, 9.17) is 4.74 Å². The molecule has 0 saturated carbocycles. The summed E-state index contributed by atoms with van der Waals surface area (Å²) in [5, 5.41) is 20.7. The van der Waals surface area contributed by atoms with Gasteiger partial charge in [-0.05, 0) is 19.9 Å². The number of nitriles is 1. The number of nitrogens with zero attached hydrogens (tertiary/aromatic N) is 4. The molecule has 23 heavy (non-hydrogen) atoms. The summed E-state index contributed by atoms with van der Waals surface area (Å²) in [5.74, 6) is 1.34. The molecule has 118 valence electrons. The minimum absolute atomic E-state index is 0.0658. The lowest BCUT2D eigenvalue weighted by atomic mass is 10.3. The fourth-order valence-corrected chi connectivity index (χ4v) is 2.83. The van der Waals surface area contributed by atoms with Crippen LogP contribution in [-0.4, -0.2) is 27.3 Å². The van der Waals surface area contributed by atoms with Gasteiger partial charge in [0.25, 0.3) is 0 Å². The van der Waals surface area contributed by atoms with E-state index < -0.39 is 4.92 Å². The molecule has 0 bridgehead atoms. The normalized spacial score (nSPS) is 10.1. The van der Waals surface area contributed by atoms with E-state index in [-0.39, 0.29) is 18.0 Å². The molecule has 0 fully saturated rings. The van der Waals surface area contributed by atoms with E-state index in [2.05, 4.69) is 16.0 Å². The van der Waals surface area contributed by atoms with Crippen LogP contribution >= 0.6 is 11.8 Å². The first-order valence-corrected chi connectivity index (χ1v) is 7.76. The molecule has 8 heteroatoms. The zero-order valence-electron chi connectivity index (χ0n) is 12.6. The fraction of sp³-hybridized carbons (Fsp3) is 0.267. The molecular formula is C15H14N4O3S.